The molecular formula is C22H16Cl2N2O4. The Morgan fingerprint density at radius 1 is 0.967 bits per heavy atom. The molecule has 30 heavy (non-hydrogen) atoms. The Hall–Kier alpha value is -3.35. The van der Waals surface area contributed by atoms with Gasteiger partial charge in [0.05, 0.1) is 29.5 Å². The van der Waals surface area contributed by atoms with Gasteiger partial charge >= 0.3 is 5.97 Å². The summed E-state index contributed by atoms with van der Waals surface area (Å²) in [6.45, 7) is 0. The molecule has 0 fully saturated rings. The summed E-state index contributed by atoms with van der Waals surface area (Å²) >= 11 is 11.8. The number of halogens is 2. The van der Waals surface area contributed by atoms with Crippen LogP contribution in [0.2, 0.25) is 10.0 Å². The van der Waals surface area contributed by atoms with Crippen molar-refractivity contribution < 1.29 is 19.1 Å². The van der Waals surface area contributed by atoms with Crippen molar-refractivity contribution >= 4 is 41.3 Å². The van der Waals surface area contributed by atoms with Gasteiger partial charge in [-0.25, -0.2) is 10.2 Å². The van der Waals surface area contributed by atoms with Crippen molar-refractivity contribution in [3.63, 3.8) is 0 Å². The summed E-state index contributed by atoms with van der Waals surface area (Å²) in [7, 11) is 1.46. The van der Waals surface area contributed by atoms with E-state index in [1.54, 1.807) is 48.5 Å². The number of nitrogens with zero attached hydrogens (tertiary/aromatic N) is 1. The smallest absolute Gasteiger partial charge is 0.343 e. The molecule has 3 aromatic rings. The highest BCUT2D eigenvalue weighted by Gasteiger charge is 2.13. The molecular weight excluding hydrogens is 427 g/mol. The summed E-state index contributed by atoms with van der Waals surface area (Å²) in [5.41, 5.74) is 3.68. The molecule has 0 aliphatic carbocycles. The van der Waals surface area contributed by atoms with Gasteiger partial charge in [-0.05, 0) is 54.1 Å². The number of hydrazone groups is 1. The Bertz CT molecular complexity index is 1100. The van der Waals surface area contributed by atoms with E-state index < -0.39 is 11.9 Å². The lowest BCUT2D eigenvalue weighted by Gasteiger charge is -2.10. The summed E-state index contributed by atoms with van der Waals surface area (Å²) < 4.78 is 10.7. The number of hydrogen-bond donors (Lipinski definition) is 1. The largest absolute Gasteiger partial charge is 0.493 e. The Morgan fingerprint density at radius 2 is 1.73 bits per heavy atom. The summed E-state index contributed by atoms with van der Waals surface area (Å²) in [5.74, 6) is -0.369. The van der Waals surface area contributed by atoms with Gasteiger partial charge in [-0.2, -0.15) is 5.10 Å². The molecule has 6 nitrogen and oxygen atoms in total. The molecule has 0 saturated heterocycles. The molecule has 8 heteroatoms. The van der Waals surface area contributed by atoms with Crippen molar-refractivity contribution in [3.05, 3.63) is 93.5 Å². The van der Waals surface area contributed by atoms with Crippen LogP contribution in [0, 0.1) is 0 Å². The third kappa shape index (κ3) is 5.37. The third-order valence-corrected chi connectivity index (χ3v) is 4.50. The topological polar surface area (TPSA) is 77.0 Å². The number of carbonyl (C=O) groups is 2. The molecule has 0 bridgehead atoms. The maximum absolute atomic E-state index is 12.2. The second-order valence-corrected chi connectivity index (χ2v) is 6.83. The van der Waals surface area contributed by atoms with E-state index in [-0.39, 0.29) is 16.3 Å². The molecule has 0 saturated carbocycles. The maximum Gasteiger partial charge on any atom is 0.343 e. The molecule has 0 atom stereocenters. The lowest BCUT2D eigenvalue weighted by atomic mass is 10.2. The van der Waals surface area contributed by atoms with E-state index >= 15 is 0 Å². The predicted molar refractivity (Wildman–Crippen MR) is 116 cm³/mol. The molecule has 3 aromatic carbocycles. The van der Waals surface area contributed by atoms with E-state index in [9.17, 15) is 9.59 Å². The first-order chi connectivity index (χ1) is 14.5. The highest BCUT2D eigenvalue weighted by molar-refractivity contribution is 6.36. The summed E-state index contributed by atoms with van der Waals surface area (Å²) in [6, 6.07) is 18.0. The molecule has 1 amide bonds. The zero-order chi connectivity index (χ0) is 21.5. The summed E-state index contributed by atoms with van der Waals surface area (Å²) in [6.07, 6.45) is 1.42. The van der Waals surface area contributed by atoms with E-state index in [1.165, 1.54) is 25.5 Å². The van der Waals surface area contributed by atoms with Gasteiger partial charge in [0, 0.05) is 5.02 Å². The lowest BCUT2D eigenvalue weighted by molar-refractivity contribution is 0.0729. The number of carbonyl (C=O) groups excluding carboxylic acids is 2. The fraction of sp³-hybridized carbons (Fsp3) is 0.0455. The van der Waals surface area contributed by atoms with Crippen LogP contribution in [0.15, 0.2) is 71.8 Å². The average molecular weight is 443 g/mol. The van der Waals surface area contributed by atoms with E-state index in [2.05, 4.69) is 10.5 Å². The van der Waals surface area contributed by atoms with Crippen molar-refractivity contribution in [2.75, 3.05) is 7.11 Å². The monoisotopic (exact) mass is 442 g/mol. The first kappa shape index (κ1) is 21.4. The van der Waals surface area contributed by atoms with Crippen LogP contribution in [0.25, 0.3) is 0 Å². The van der Waals surface area contributed by atoms with Crippen molar-refractivity contribution in [1.29, 1.82) is 0 Å². The molecule has 0 aliphatic heterocycles. The van der Waals surface area contributed by atoms with Crippen LogP contribution >= 0.6 is 23.2 Å². The standard InChI is InChI=1S/C22H16Cl2N2O4/c1-29-20-11-14(7-10-19(20)30-22(28)15-5-3-2-4-6-15)13-25-26-21(27)17-9-8-16(23)12-18(17)24/h2-13H,1H3,(H,26,27)/b25-13+. The Labute approximate surface area is 183 Å². The molecule has 0 aliphatic rings. The van der Waals surface area contributed by atoms with Crippen molar-refractivity contribution in [2.24, 2.45) is 5.10 Å². The highest BCUT2D eigenvalue weighted by Crippen LogP contribution is 2.28. The van der Waals surface area contributed by atoms with E-state index in [4.69, 9.17) is 32.7 Å². The van der Waals surface area contributed by atoms with Gasteiger partial charge in [-0.3, -0.25) is 4.79 Å². The van der Waals surface area contributed by atoms with E-state index in [0.717, 1.165) is 0 Å². The fourth-order valence-electron chi connectivity index (χ4n) is 2.48. The van der Waals surface area contributed by atoms with Crippen LogP contribution in [0.4, 0.5) is 0 Å². The second-order valence-electron chi connectivity index (χ2n) is 5.99. The zero-order valence-corrected chi connectivity index (χ0v) is 17.3. The molecule has 0 radical (unpaired) electrons. The lowest BCUT2D eigenvalue weighted by Crippen LogP contribution is -2.18. The van der Waals surface area contributed by atoms with Crippen LogP contribution in [0.3, 0.4) is 0 Å². The van der Waals surface area contributed by atoms with E-state index in [1.807, 2.05) is 6.07 Å². The number of hydrogen-bond acceptors (Lipinski definition) is 5. The van der Waals surface area contributed by atoms with Crippen LogP contribution in [0.1, 0.15) is 26.3 Å². The van der Waals surface area contributed by atoms with Gasteiger partial charge in [0.15, 0.2) is 11.5 Å². The molecule has 3 rings (SSSR count). The number of amides is 1. The van der Waals surface area contributed by atoms with Crippen molar-refractivity contribution in [3.8, 4) is 11.5 Å². The van der Waals surface area contributed by atoms with Gasteiger partial charge < -0.3 is 9.47 Å². The second kappa shape index (κ2) is 9.91. The molecule has 0 unspecified atom stereocenters. The Balaban J connectivity index is 1.68. The van der Waals surface area contributed by atoms with Gasteiger partial charge in [-0.15, -0.1) is 0 Å². The number of nitrogens with one attached hydrogen (secondary N) is 1. The normalized spacial score (nSPS) is 10.6. The van der Waals surface area contributed by atoms with Crippen molar-refractivity contribution in [1.82, 2.24) is 5.43 Å². The van der Waals surface area contributed by atoms with Crippen LogP contribution < -0.4 is 14.9 Å². The average Bonchev–Trinajstić information content (AvgIpc) is 2.75. The quantitative estimate of drug-likeness (QED) is 0.252. The van der Waals surface area contributed by atoms with Gasteiger partial charge in [-0.1, -0.05) is 41.4 Å². The van der Waals surface area contributed by atoms with Gasteiger partial charge in [0.1, 0.15) is 0 Å². The first-order valence-electron chi connectivity index (χ1n) is 8.71. The number of rotatable bonds is 6. The third-order valence-electron chi connectivity index (χ3n) is 3.96. The minimum absolute atomic E-state index is 0.224. The maximum atomic E-state index is 12.2. The molecule has 0 spiro atoms. The SMILES string of the molecule is COc1cc(/C=N/NC(=O)c2ccc(Cl)cc2Cl)ccc1OC(=O)c1ccccc1. The van der Waals surface area contributed by atoms with Gasteiger partial charge in [0.25, 0.3) is 5.91 Å². The molecule has 0 aromatic heterocycles. The fourth-order valence-corrected chi connectivity index (χ4v) is 2.98. The summed E-state index contributed by atoms with van der Waals surface area (Å²) in [4.78, 5) is 24.4. The minimum atomic E-state index is -0.498. The molecule has 0 heterocycles. The van der Waals surface area contributed by atoms with Crippen LogP contribution in [-0.2, 0) is 0 Å². The number of esters is 1. The number of methoxy groups -OCH3 is 1. The number of benzene rings is 3. The molecule has 1 N–H and O–H groups in total. The minimum Gasteiger partial charge on any atom is -0.493 e. The van der Waals surface area contributed by atoms with Crippen LogP contribution in [0.5, 0.6) is 11.5 Å². The Morgan fingerprint density at radius 3 is 2.43 bits per heavy atom. The predicted octanol–water partition coefficient (Wildman–Crippen LogP) is 4.99. The van der Waals surface area contributed by atoms with E-state index in [0.29, 0.717) is 21.9 Å². The van der Waals surface area contributed by atoms with Crippen LogP contribution in [-0.4, -0.2) is 25.2 Å². The number of ether oxygens (including phenoxy) is 2. The zero-order valence-electron chi connectivity index (χ0n) is 15.8. The highest BCUT2D eigenvalue weighted by atomic mass is 35.5. The van der Waals surface area contributed by atoms with Gasteiger partial charge in [0.2, 0.25) is 0 Å². The Kier molecular flexibility index (Phi) is 7.06. The van der Waals surface area contributed by atoms with Crippen molar-refractivity contribution in [2.45, 2.75) is 0 Å². The summed E-state index contributed by atoms with van der Waals surface area (Å²) in [5, 5.41) is 4.57. The first-order valence-corrected chi connectivity index (χ1v) is 9.47. The molecule has 152 valence electrons.